The number of hydrogen-bond acceptors (Lipinski definition) is 4. The van der Waals surface area contributed by atoms with Crippen LogP contribution in [0.25, 0.3) is 11.1 Å². The number of benzene rings is 2. The molecule has 1 aliphatic heterocycles. The Bertz CT molecular complexity index is 1200. The maximum Gasteiger partial charge on any atom is 0.433 e. The first-order chi connectivity index (χ1) is 16.6. The van der Waals surface area contributed by atoms with Crippen molar-refractivity contribution in [2.75, 3.05) is 20.2 Å². The van der Waals surface area contributed by atoms with Crippen LogP contribution < -0.4 is 0 Å². The number of carbonyl (C=O) groups excluding carboxylic acids is 2. The number of esters is 1. The van der Waals surface area contributed by atoms with Gasteiger partial charge in [0, 0.05) is 24.8 Å². The Labute approximate surface area is 199 Å². The van der Waals surface area contributed by atoms with E-state index in [-0.39, 0.29) is 37.7 Å². The highest BCUT2D eigenvalue weighted by atomic mass is 19.4. The van der Waals surface area contributed by atoms with Crippen molar-refractivity contribution in [1.82, 2.24) is 9.88 Å². The number of likely N-dealkylation sites (tertiary alicyclic amines) is 1. The lowest BCUT2D eigenvalue weighted by Gasteiger charge is -2.40. The second-order valence-corrected chi connectivity index (χ2v) is 8.38. The molecule has 0 aliphatic carbocycles. The van der Waals surface area contributed by atoms with E-state index in [0.717, 1.165) is 23.4 Å². The molecule has 1 saturated heterocycles. The molecule has 35 heavy (non-hydrogen) atoms. The summed E-state index contributed by atoms with van der Waals surface area (Å²) < 4.78 is 56.8. The Morgan fingerprint density at radius 3 is 1.97 bits per heavy atom. The monoisotopic (exact) mass is 486 g/mol. The SMILES string of the molecule is COC(=O)C1(c2ccc(C(F)(F)F)nc2)CCN(C(=O)c2ccc(-c3ccc(F)cc3)cc2)CC1. The van der Waals surface area contributed by atoms with Crippen LogP contribution in [0.5, 0.6) is 0 Å². The van der Waals surface area contributed by atoms with E-state index in [4.69, 9.17) is 4.74 Å². The van der Waals surface area contributed by atoms with Crippen LogP contribution >= 0.6 is 0 Å². The van der Waals surface area contributed by atoms with Gasteiger partial charge in [-0.25, -0.2) is 4.39 Å². The van der Waals surface area contributed by atoms with Crippen molar-refractivity contribution in [3.8, 4) is 11.1 Å². The number of carbonyl (C=O) groups is 2. The summed E-state index contributed by atoms with van der Waals surface area (Å²) in [6.45, 7) is 0.434. The highest BCUT2D eigenvalue weighted by molar-refractivity contribution is 5.95. The molecule has 1 fully saturated rings. The van der Waals surface area contributed by atoms with Gasteiger partial charge in [-0.15, -0.1) is 0 Å². The molecule has 5 nitrogen and oxygen atoms in total. The van der Waals surface area contributed by atoms with E-state index >= 15 is 0 Å². The number of aromatic nitrogens is 1. The maximum atomic E-state index is 13.2. The number of nitrogens with zero attached hydrogens (tertiary/aromatic N) is 2. The Morgan fingerprint density at radius 1 is 0.914 bits per heavy atom. The van der Waals surface area contributed by atoms with E-state index in [1.165, 1.54) is 25.3 Å². The summed E-state index contributed by atoms with van der Waals surface area (Å²) in [6.07, 6.45) is -3.15. The molecule has 1 amide bonds. The molecule has 1 aromatic heterocycles. The minimum atomic E-state index is -4.58. The predicted molar refractivity (Wildman–Crippen MR) is 120 cm³/mol. The summed E-state index contributed by atoms with van der Waals surface area (Å²) in [6, 6.07) is 15.0. The highest BCUT2D eigenvalue weighted by Crippen LogP contribution is 2.38. The van der Waals surface area contributed by atoms with E-state index in [9.17, 15) is 27.2 Å². The lowest BCUT2D eigenvalue weighted by atomic mass is 9.73. The number of alkyl halides is 3. The summed E-state index contributed by atoms with van der Waals surface area (Å²) in [5.41, 5.74) is 0.203. The summed E-state index contributed by atoms with van der Waals surface area (Å²) in [5, 5.41) is 0. The van der Waals surface area contributed by atoms with E-state index in [0.29, 0.717) is 11.1 Å². The van der Waals surface area contributed by atoms with Gasteiger partial charge < -0.3 is 9.64 Å². The van der Waals surface area contributed by atoms with E-state index in [1.807, 2.05) is 0 Å². The van der Waals surface area contributed by atoms with Crippen molar-refractivity contribution >= 4 is 11.9 Å². The van der Waals surface area contributed by atoms with Crippen LogP contribution in [0, 0.1) is 5.82 Å². The Hall–Kier alpha value is -3.75. The molecule has 182 valence electrons. The van der Waals surface area contributed by atoms with Crippen LogP contribution in [0.2, 0.25) is 0 Å². The molecule has 0 unspecified atom stereocenters. The predicted octanol–water partition coefficient (Wildman–Crippen LogP) is 5.25. The van der Waals surface area contributed by atoms with Crippen molar-refractivity contribution in [2.24, 2.45) is 0 Å². The van der Waals surface area contributed by atoms with Crippen molar-refractivity contribution in [2.45, 2.75) is 24.4 Å². The van der Waals surface area contributed by atoms with Crippen LogP contribution in [0.3, 0.4) is 0 Å². The standard InChI is InChI=1S/C26H22F4N2O3/c1-35-24(34)25(20-8-11-22(31-16-20)26(28,29)30)12-14-32(15-13-25)23(33)19-4-2-17(3-5-19)18-6-9-21(27)10-7-18/h2-11,16H,12-15H2,1H3. The fraction of sp³-hybridized carbons (Fsp3) is 0.269. The number of amides is 1. The van der Waals surface area contributed by atoms with Gasteiger partial charge in [0.05, 0.1) is 12.5 Å². The zero-order valence-corrected chi connectivity index (χ0v) is 18.8. The fourth-order valence-corrected chi connectivity index (χ4v) is 4.37. The van der Waals surface area contributed by atoms with Crippen molar-refractivity contribution in [3.63, 3.8) is 0 Å². The Balaban J connectivity index is 1.49. The summed E-state index contributed by atoms with van der Waals surface area (Å²) >= 11 is 0. The number of rotatable bonds is 4. The van der Waals surface area contributed by atoms with Gasteiger partial charge in [0.25, 0.3) is 5.91 Å². The Kier molecular flexibility index (Phi) is 6.60. The van der Waals surface area contributed by atoms with Crippen LogP contribution in [0.1, 0.15) is 34.5 Å². The topological polar surface area (TPSA) is 59.5 Å². The first-order valence-corrected chi connectivity index (χ1v) is 10.9. The maximum absolute atomic E-state index is 13.2. The average molecular weight is 486 g/mol. The van der Waals surface area contributed by atoms with Crippen molar-refractivity contribution in [3.05, 3.63) is 89.5 Å². The first kappa shape index (κ1) is 24.4. The molecule has 9 heteroatoms. The van der Waals surface area contributed by atoms with Gasteiger partial charge in [-0.2, -0.15) is 13.2 Å². The molecule has 0 saturated carbocycles. The third kappa shape index (κ3) is 4.89. The van der Waals surface area contributed by atoms with Crippen LogP contribution in [-0.4, -0.2) is 42.0 Å². The lowest BCUT2D eigenvalue weighted by Crippen LogP contribution is -2.49. The number of piperidine rings is 1. The first-order valence-electron chi connectivity index (χ1n) is 10.9. The number of hydrogen-bond donors (Lipinski definition) is 0. The number of halogens is 4. The van der Waals surface area contributed by atoms with Gasteiger partial charge in [0.2, 0.25) is 0 Å². The van der Waals surface area contributed by atoms with Gasteiger partial charge in [0.15, 0.2) is 0 Å². The summed E-state index contributed by atoms with van der Waals surface area (Å²) in [7, 11) is 1.22. The minimum absolute atomic E-state index is 0.187. The minimum Gasteiger partial charge on any atom is -0.468 e. The van der Waals surface area contributed by atoms with Crippen LogP contribution in [-0.2, 0) is 21.1 Å². The second kappa shape index (κ2) is 9.48. The zero-order chi connectivity index (χ0) is 25.2. The highest BCUT2D eigenvalue weighted by Gasteiger charge is 2.45. The van der Waals surface area contributed by atoms with E-state index in [1.54, 1.807) is 41.3 Å². The largest absolute Gasteiger partial charge is 0.468 e. The molecule has 0 N–H and O–H groups in total. The summed E-state index contributed by atoms with van der Waals surface area (Å²) in [4.78, 5) is 30.9. The van der Waals surface area contributed by atoms with Gasteiger partial charge in [-0.1, -0.05) is 30.3 Å². The number of pyridine rings is 1. The normalized spacial score (nSPS) is 15.5. The lowest BCUT2D eigenvalue weighted by molar-refractivity contribution is -0.149. The van der Waals surface area contributed by atoms with Crippen LogP contribution in [0.15, 0.2) is 66.9 Å². The fourth-order valence-electron chi connectivity index (χ4n) is 4.37. The molecule has 0 radical (unpaired) electrons. The van der Waals surface area contributed by atoms with Gasteiger partial charge in [-0.3, -0.25) is 14.6 Å². The van der Waals surface area contributed by atoms with E-state index in [2.05, 4.69) is 4.98 Å². The van der Waals surface area contributed by atoms with Crippen molar-refractivity contribution in [1.29, 1.82) is 0 Å². The average Bonchev–Trinajstić information content (AvgIpc) is 2.88. The number of methoxy groups -OCH3 is 1. The van der Waals surface area contributed by atoms with Gasteiger partial charge in [0.1, 0.15) is 11.5 Å². The molecular weight excluding hydrogens is 464 g/mol. The Morgan fingerprint density at radius 2 is 1.49 bits per heavy atom. The van der Waals surface area contributed by atoms with Gasteiger partial charge >= 0.3 is 12.1 Å². The molecular formula is C26H22F4N2O3. The molecule has 4 rings (SSSR count). The quantitative estimate of drug-likeness (QED) is 0.373. The molecule has 0 atom stereocenters. The van der Waals surface area contributed by atoms with Crippen molar-refractivity contribution < 1.29 is 31.9 Å². The molecule has 2 heterocycles. The van der Waals surface area contributed by atoms with Gasteiger partial charge in [-0.05, 0) is 59.9 Å². The molecule has 3 aromatic rings. The van der Waals surface area contributed by atoms with E-state index < -0.39 is 23.3 Å². The third-order valence-electron chi connectivity index (χ3n) is 6.40. The molecule has 0 spiro atoms. The molecule has 0 bridgehead atoms. The molecule has 2 aromatic carbocycles. The van der Waals surface area contributed by atoms with Crippen LogP contribution in [0.4, 0.5) is 17.6 Å². The molecule has 1 aliphatic rings. The number of ether oxygens (including phenoxy) is 1. The third-order valence-corrected chi connectivity index (χ3v) is 6.40. The zero-order valence-electron chi connectivity index (χ0n) is 18.8. The smallest absolute Gasteiger partial charge is 0.433 e. The summed E-state index contributed by atoms with van der Waals surface area (Å²) in [5.74, 6) is -1.13. The second-order valence-electron chi connectivity index (χ2n) is 8.38.